The smallest absolute Gasteiger partial charge is 0.273 e. The monoisotopic (exact) mass is 491 g/mol. The molecule has 0 heterocycles. The van der Waals surface area contributed by atoms with Gasteiger partial charge in [-0.2, -0.15) is 0 Å². The van der Waals surface area contributed by atoms with E-state index in [-0.39, 0.29) is 30.6 Å². The van der Waals surface area contributed by atoms with Crippen LogP contribution in [0.1, 0.15) is 50.2 Å². The number of carbonyl (C=O) groups excluding carboxylic acids is 2. The van der Waals surface area contributed by atoms with Gasteiger partial charge in [0.05, 0.1) is 11.3 Å². The molecule has 9 heteroatoms. The van der Waals surface area contributed by atoms with Crippen LogP contribution < -0.4 is 5.32 Å². The van der Waals surface area contributed by atoms with E-state index in [1.807, 2.05) is 0 Å². The zero-order chi connectivity index (χ0) is 24.0. The number of hydrogen-bond donors (Lipinski definition) is 1. The topological polar surface area (TPSA) is 92.6 Å². The van der Waals surface area contributed by atoms with E-state index in [0.29, 0.717) is 21.2 Å². The van der Waals surface area contributed by atoms with Gasteiger partial charge < -0.3 is 10.2 Å². The minimum atomic E-state index is -0.783. The number of nitrogens with one attached hydrogen (secondary N) is 1. The summed E-state index contributed by atoms with van der Waals surface area (Å²) in [5.41, 5.74) is 0.795. The Kier molecular flexibility index (Phi) is 8.69. The molecular weight excluding hydrogens is 465 g/mol. The highest BCUT2D eigenvalue weighted by molar-refractivity contribution is 6.35. The van der Waals surface area contributed by atoms with Crippen molar-refractivity contribution >= 4 is 40.7 Å². The van der Waals surface area contributed by atoms with Crippen LogP contribution in [0.25, 0.3) is 0 Å². The van der Waals surface area contributed by atoms with Crippen molar-refractivity contribution in [2.45, 2.75) is 64.1 Å². The van der Waals surface area contributed by atoms with Crippen LogP contribution in [0.5, 0.6) is 0 Å². The number of amides is 2. The van der Waals surface area contributed by atoms with E-state index in [1.165, 1.54) is 11.0 Å². The van der Waals surface area contributed by atoms with E-state index in [9.17, 15) is 19.7 Å². The minimum Gasteiger partial charge on any atom is -0.352 e. The van der Waals surface area contributed by atoms with Gasteiger partial charge in [0.15, 0.2) is 0 Å². The molecule has 176 valence electrons. The van der Waals surface area contributed by atoms with Gasteiger partial charge in [-0.3, -0.25) is 19.7 Å². The van der Waals surface area contributed by atoms with Crippen LogP contribution in [-0.4, -0.2) is 33.7 Å². The number of hydrogen-bond acceptors (Lipinski definition) is 4. The summed E-state index contributed by atoms with van der Waals surface area (Å²) < 4.78 is 0. The average Bonchev–Trinajstić information content (AvgIpc) is 2.79. The van der Waals surface area contributed by atoms with E-state index >= 15 is 0 Å². The molecule has 1 N–H and O–H groups in total. The van der Waals surface area contributed by atoms with E-state index in [1.54, 1.807) is 43.3 Å². The van der Waals surface area contributed by atoms with Crippen LogP contribution in [0.15, 0.2) is 42.5 Å². The number of halogens is 2. The van der Waals surface area contributed by atoms with Gasteiger partial charge in [0.1, 0.15) is 6.04 Å². The number of para-hydroxylation sites is 1. The lowest BCUT2D eigenvalue weighted by atomic mass is 9.95. The van der Waals surface area contributed by atoms with E-state index in [4.69, 9.17) is 23.2 Å². The first-order valence-corrected chi connectivity index (χ1v) is 11.8. The summed E-state index contributed by atoms with van der Waals surface area (Å²) in [4.78, 5) is 38.7. The van der Waals surface area contributed by atoms with Crippen LogP contribution >= 0.6 is 23.2 Å². The van der Waals surface area contributed by atoms with Crippen molar-refractivity contribution < 1.29 is 14.5 Å². The van der Waals surface area contributed by atoms with Crippen molar-refractivity contribution in [3.63, 3.8) is 0 Å². The lowest BCUT2D eigenvalue weighted by molar-refractivity contribution is -0.385. The van der Waals surface area contributed by atoms with E-state index < -0.39 is 16.9 Å². The highest BCUT2D eigenvalue weighted by Crippen LogP contribution is 2.25. The quantitative estimate of drug-likeness (QED) is 0.399. The number of carbonyl (C=O) groups is 2. The van der Waals surface area contributed by atoms with Gasteiger partial charge in [0.25, 0.3) is 5.69 Å². The molecule has 0 unspecified atom stereocenters. The van der Waals surface area contributed by atoms with Crippen molar-refractivity contribution in [3.05, 3.63) is 73.8 Å². The first-order chi connectivity index (χ1) is 15.8. The average molecular weight is 492 g/mol. The zero-order valence-electron chi connectivity index (χ0n) is 18.4. The number of nitro benzene ring substituents is 1. The highest BCUT2D eigenvalue weighted by atomic mass is 35.5. The maximum absolute atomic E-state index is 13.4. The summed E-state index contributed by atoms with van der Waals surface area (Å²) in [6.45, 7) is 1.74. The van der Waals surface area contributed by atoms with Gasteiger partial charge in [0, 0.05) is 34.3 Å². The van der Waals surface area contributed by atoms with Crippen LogP contribution in [0, 0.1) is 10.1 Å². The standard InChI is InChI=1S/C24H27Cl2N3O4/c1-16(24(31)27-20-8-3-2-4-9-20)28(15-18-11-12-19(25)14-21(18)26)23(30)13-17-7-5-6-10-22(17)29(32)33/h5-7,10-12,14,16,20H,2-4,8-9,13,15H2,1H3,(H,27,31)/t16-/m1/s1. The first-order valence-electron chi connectivity index (χ1n) is 11.0. The third kappa shape index (κ3) is 6.68. The Morgan fingerprint density at radius 1 is 1.12 bits per heavy atom. The lowest BCUT2D eigenvalue weighted by Crippen LogP contribution is -2.50. The minimum absolute atomic E-state index is 0.0781. The van der Waals surface area contributed by atoms with Crippen LogP contribution in [0.4, 0.5) is 5.69 Å². The molecule has 7 nitrogen and oxygen atoms in total. The second kappa shape index (κ2) is 11.5. The third-order valence-electron chi connectivity index (χ3n) is 6.00. The van der Waals surface area contributed by atoms with Crippen LogP contribution in [-0.2, 0) is 22.6 Å². The molecule has 2 aromatic rings. The second-order valence-corrected chi connectivity index (χ2v) is 9.18. The molecule has 1 aliphatic carbocycles. The molecule has 2 aromatic carbocycles. The summed E-state index contributed by atoms with van der Waals surface area (Å²) >= 11 is 12.3. The van der Waals surface area contributed by atoms with Gasteiger partial charge >= 0.3 is 0 Å². The molecule has 0 aromatic heterocycles. The fraction of sp³-hybridized carbons (Fsp3) is 0.417. The maximum atomic E-state index is 13.4. The largest absolute Gasteiger partial charge is 0.352 e. The number of benzene rings is 2. The number of nitrogens with zero attached hydrogens (tertiary/aromatic N) is 2. The van der Waals surface area contributed by atoms with Crippen LogP contribution in [0.2, 0.25) is 10.0 Å². The molecule has 1 atom stereocenters. The van der Waals surface area contributed by atoms with Gasteiger partial charge in [0.2, 0.25) is 11.8 Å². The summed E-state index contributed by atoms with van der Waals surface area (Å²) in [6.07, 6.45) is 4.94. The molecule has 3 rings (SSSR count). The van der Waals surface area contributed by atoms with E-state index in [2.05, 4.69) is 5.32 Å². The van der Waals surface area contributed by atoms with Crippen molar-refractivity contribution in [1.29, 1.82) is 0 Å². The number of nitro groups is 1. The van der Waals surface area contributed by atoms with Gasteiger partial charge in [-0.15, -0.1) is 0 Å². The van der Waals surface area contributed by atoms with Crippen molar-refractivity contribution in [1.82, 2.24) is 10.2 Å². The van der Waals surface area contributed by atoms with Gasteiger partial charge in [-0.05, 0) is 37.5 Å². The molecule has 0 aliphatic heterocycles. The summed E-state index contributed by atoms with van der Waals surface area (Å²) in [5.74, 6) is -0.649. The zero-order valence-corrected chi connectivity index (χ0v) is 19.9. The summed E-state index contributed by atoms with van der Waals surface area (Å²) in [6, 6.07) is 10.4. The maximum Gasteiger partial charge on any atom is 0.273 e. The third-order valence-corrected chi connectivity index (χ3v) is 6.59. The van der Waals surface area contributed by atoms with Gasteiger partial charge in [-0.1, -0.05) is 66.7 Å². The predicted molar refractivity (Wildman–Crippen MR) is 128 cm³/mol. The fourth-order valence-corrected chi connectivity index (χ4v) is 4.56. The molecule has 0 spiro atoms. The highest BCUT2D eigenvalue weighted by Gasteiger charge is 2.29. The Bertz CT molecular complexity index is 1020. The summed E-state index contributed by atoms with van der Waals surface area (Å²) in [5, 5.41) is 15.3. The Hall–Kier alpha value is -2.64. The Morgan fingerprint density at radius 2 is 1.82 bits per heavy atom. The Balaban J connectivity index is 1.84. The molecule has 0 saturated heterocycles. The molecule has 1 saturated carbocycles. The molecular formula is C24H27Cl2N3O4. The molecule has 0 bridgehead atoms. The van der Waals surface area contributed by atoms with Crippen LogP contribution in [0.3, 0.4) is 0 Å². The molecule has 33 heavy (non-hydrogen) atoms. The molecule has 0 radical (unpaired) electrons. The fourth-order valence-electron chi connectivity index (χ4n) is 4.09. The lowest BCUT2D eigenvalue weighted by Gasteiger charge is -2.31. The van der Waals surface area contributed by atoms with Crippen molar-refractivity contribution in [2.24, 2.45) is 0 Å². The number of rotatable bonds is 8. The van der Waals surface area contributed by atoms with Crippen molar-refractivity contribution in [3.8, 4) is 0 Å². The Labute approximate surface area is 203 Å². The molecule has 1 aliphatic rings. The summed E-state index contributed by atoms with van der Waals surface area (Å²) in [7, 11) is 0. The second-order valence-electron chi connectivity index (χ2n) is 8.34. The predicted octanol–water partition coefficient (Wildman–Crippen LogP) is 5.31. The van der Waals surface area contributed by atoms with Crippen molar-refractivity contribution in [2.75, 3.05) is 0 Å². The molecule has 2 amide bonds. The first kappa shape index (κ1) is 25.0. The van der Waals surface area contributed by atoms with E-state index in [0.717, 1.165) is 32.1 Å². The van der Waals surface area contributed by atoms with Gasteiger partial charge in [-0.25, -0.2) is 0 Å². The Morgan fingerprint density at radius 3 is 2.48 bits per heavy atom. The molecule has 1 fully saturated rings. The SMILES string of the molecule is C[C@H](C(=O)NC1CCCCC1)N(Cc1ccc(Cl)cc1Cl)C(=O)Cc1ccccc1[N+](=O)[O-]. The normalized spacial score (nSPS) is 15.0.